The molecule has 0 radical (unpaired) electrons. The van der Waals surface area contributed by atoms with Crippen LogP contribution in [0.4, 0.5) is 0 Å². The van der Waals surface area contributed by atoms with Gasteiger partial charge in [-0.05, 0) is 31.0 Å². The second-order valence-corrected chi connectivity index (χ2v) is 7.92. The number of phenolic OH excluding ortho intramolecular Hbond substituents is 1. The molecule has 8 N–H and O–H groups in total. The highest BCUT2D eigenvalue weighted by atomic mass is 16.7. The van der Waals surface area contributed by atoms with Crippen LogP contribution in [0.15, 0.2) is 18.2 Å². The number of hydrogen-bond donors (Lipinski definition) is 8. The molecule has 12 heteroatoms. The van der Waals surface area contributed by atoms with Gasteiger partial charge in [-0.2, -0.15) is 0 Å². The van der Waals surface area contributed by atoms with Crippen LogP contribution in [0.25, 0.3) is 0 Å². The van der Waals surface area contributed by atoms with Crippen molar-refractivity contribution in [1.82, 2.24) is 0 Å². The van der Waals surface area contributed by atoms with E-state index in [0.29, 0.717) is 12.0 Å². The van der Waals surface area contributed by atoms with Gasteiger partial charge in [-0.1, -0.05) is 6.07 Å². The summed E-state index contributed by atoms with van der Waals surface area (Å²) >= 11 is 0. The lowest BCUT2D eigenvalue weighted by atomic mass is 9.98. The van der Waals surface area contributed by atoms with Crippen LogP contribution in [-0.4, -0.2) is 115 Å². The number of benzene rings is 1. The van der Waals surface area contributed by atoms with Gasteiger partial charge >= 0.3 is 0 Å². The van der Waals surface area contributed by atoms with Crippen LogP contribution in [0.5, 0.6) is 11.5 Å². The standard InChI is InChI=1S/C20H30O12/c1-8-13(23)15(25)17(27)19(30-8)29-7-12-14(24)16(26)18(28)20(32-12)31-11-6-9(4-5-21)2-3-10(11)22/h2-3,6,8,12-28H,4-5,7H2,1H3/t8-,12+,13-,14+,15+,16-,17+,18+,19+,20+/m0/s1. The van der Waals surface area contributed by atoms with Gasteiger partial charge in [-0.3, -0.25) is 0 Å². The Hall–Kier alpha value is -1.58. The minimum atomic E-state index is -1.69. The molecule has 2 aliphatic rings. The third-order valence-electron chi connectivity index (χ3n) is 5.57. The van der Waals surface area contributed by atoms with Crippen LogP contribution in [0, 0.1) is 0 Å². The maximum atomic E-state index is 10.3. The van der Waals surface area contributed by atoms with Crippen LogP contribution < -0.4 is 4.74 Å². The molecule has 0 amide bonds. The Morgan fingerprint density at radius 2 is 1.50 bits per heavy atom. The fraction of sp³-hybridized carbons (Fsp3) is 0.700. The van der Waals surface area contributed by atoms with Crippen molar-refractivity contribution in [2.45, 2.75) is 74.8 Å². The SMILES string of the molecule is C[C@@H]1O[C@@H](OC[C@H]2O[C@@H](Oc3cc(CCO)ccc3O)[C@H](O)[C@@H](O)[C@@H]2O)[C@H](O)[C@H](O)[C@H]1O. The second kappa shape index (κ2) is 10.6. The van der Waals surface area contributed by atoms with E-state index in [1.807, 2.05) is 0 Å². The van der Waals surface area contributed by atoms with Crippen molar-refractivity contribution >= 4 is 0 Å². The number of rotatable bonds is 7. The number of aliphatic hydroxyl groups is 7. The van der Waals surface area contributed by atoms with E-state index in [9.17, 15) is 35.7 Å². The Bertz CT molecular complexity index is 747. The lowest BCUT2D eigenvalue weighted by Gasteiger charge is -2.42. The molecule has 0 saturated carbocycles. The first-order valence-corrected chi connectivity index (χ1v) is 10.2. The molecule has 10 atom stereocenters. The molecule has 0 bridgehead atoms. The molecule has 2 fully saturated rings. The zero-order valence-corrected chi connectivity index (χ0v) is 17.3. The monoisotopic (exact) mass is 462 g/mol. The van der Waals surface area contributed by atoms with Gasteiger partial charge in [0.15, 0.2) is 17.8 Å². The van der Waals surface area contributed by atoms with Crippen LogP contribution >= 0.6 is 0 Å². The second-order valence-electron chi connectivity index (χ2n) is 7.92. The average Bonchev–Trinajstić information content (AvgIpc) is 2.77. The first-order valence-electron chi connectivity index (χ1n) is 10.2. The predicted octanol–water partition coefficient (Wildman–Crippen LogP) is -3.04. The molecule has 2 aliphatic heterocycles. The van der Waals surface area contributed by atoms with E-state index < -0.39 is 68.0 Å². The molecule has 0 spiro atoms. The largest absolute Gasteiger partial charge is 0.504 e. The van der Waals surface area contributed by atoms with Crippen molar-refractivity contribution in [3.63, 3.8) is 0 Å². The van der Waals surface area contributed by atoms with E-state index >= 15 is 0 Å². The summed E-state index contributed by atoms with van der Waals surface area (Å²) in [4.78, 5) is 0. The number of phenols is 1. The highest BCUT2D eigenvalue weighted by Gasteiger charge is 2.47. The number of hydrogen-bond acceptors (Lipinski definition) is 12. The Balaban J connectivity index is 1.67. The van der Waals surface area contributed by atoms with Gasteiger partial charge in [-0.15, -0.1) is 0 Å². The molecule has 32 heavy (non-hydrogen) atoms. The Kier molecular flexibility index (Phi) is 8.27. The molecule has 1 aromatic carbocycles. The predicted molar refractivity (Wildman–Crippen MR) is 105 cm³/mol. The summed E-state index contributed by atoms with van der Waals surface area (Å²) in [6.07, 6.45) is -14.0. The van der Waals surface area contributed by atoms with Gasteiger partial charge in [0.1, 0.15) is 42.7 Å². The maximum absolute atomic E-state index is 10.3. The minimum Gasteiger partial charge on any atom is -0.504 e. The quantitative estimate of drug-likeness (QED) is 0.204. The summed E-state index contributed by atoms with van der Waals surface area (Å²) in [5.74, 6) is -0.337. The van der Waals surface area contributed by atoms with E-state index in [1.165, 1.54) is 19.1 Å². The van der Waals surface area contributed by atoms with E-state index in [4.69, 9.17) is 24.1 Å². The van der Waals surface area contributed by atoms with Gasteiger partial charge in [-0.25, -0.2) is 0 Å². The summed E-state index contributed by atoms with van der Waals surface area (Å²) in [5, 5.41) is 79.5. The van der Waals surface area contributed by atoms with Gasteiger partial charge in [0, 0.05) is 6.61 Å². The normalized spacial score (nSPS) is 40.2. The zero-order valence-electron chi connectivity index (χ0n) is 17.3. The summed E-state index contributed by atoms with van der Waals surface area (Å²) < 4.78 is 21.7. The highest BCUT2D eigenvalue weighted by molar-refractivity contribution is 5.42. The van der Waals surface area contributed by atoms with Crippen molar-refractivity contribution in [1.29, 1.82) is 0 Å². The lowest BCUT2D eigenvalue weighted by Crippen LogP contribution is -2.61. The van der Waals surface area contributed by atoms with Crippen molar-refractivity contribution in [3.05, 3.63) is 23.8 Å². The van der Waals surface area contributed by atoms with Gasteiger partial charge in [0.05, 0.1) is 12.7 Å². The molecule has 2 saturated heterocycles. The third-order valence-corrected chi connectivity index (χ3v) is 5.57. The van der Waals surface area contributed by atoms with Gasteiger partial charge < -0.3 is 59.8 Å². The number of aromatic hydroxyl groups is 1. The molecule has 0 unspecified atom stereocenters. The van der Waals surface area contributed by atoms with Gasteiger partial charge in [0.2, 0.25) is 6.29 Å². The van der Waals surface area contributed by atoms with Crippen LogP contribution in [0.2, 0.25) is 0 Å². The number of ether oxygens (including phenoxy) is 4. The summed E-state index contributed by atoms with van der Waals surface area (Å²) in [6, 6.07) is 4.35. The molecular formula is C20H30O12. The van der Waals surface area contributed by atoms with Crippen LogP contribution in [0.1, 0.15) is 12.5 Å². The molecule has 1 aromatic rings. The Morgan fingerprint density at radius 1 is 0.844 bits per heavy atom. The highest BCUT2D eigenvalue weighted by Crippen LogP contribution is 2.32. The van der Waals surface area contributed by atoms with Crippen molar-refractivity contribution in [2.75, 3.05) is 13.2 Å². The summed E-state index contributed by atoms with van der Waals surface area (Å²) in [6.45, 7) is 0.915. The fourth-order valence-electron chi connectivity index (χ4n) is 3.56. The average molecular weight is 462 g/mol. The first-order chi connectivity index (χ1) is 15.1. The van der Waals surface area contributed by atoms with Crippen molar-refractivity contribution < 1.29 is 59.8 Å². The molecule has 182 valence electrons. The summed E-state index contributed by atoms with van der Waals surface area (Å²) in [5.41, 5.74) is 0.643. The molecule has 0 aliphatic carbocycles. The number of aliphatic hydroxyl groups excluding tert-OH is 7. The molecular weight excluding hydrogens is 432 g/mol. The van der Waals surface area contributed by atoms with E-state index in [0.717, 1.165) is 0 Å². The van der Waals surface area contributed by atoms with E-state index in [-0.39, 0.29) is 18.1 Å². The Morgan fingerprint density at radius 3 is 2.19 bits per heavy atom. The maximum Gasteiger partial charge on any atom is 0.229 e. The minimum absolute atomic E-state index is 0.0692. The van der Waals surface area contributed by atoms with Crippen molar-refractivity contribution in [2.24, 2.45) is 0 Å². The van der Waals surface area contributed by atoms with Gasteiger partial charge in [0.25, 0.3) is 0 Å². The first kappa shape index (κ1) is 25.1. The van der Waals surface area contributed by atoms with Crippen LogP contribution in [-0.2, 0) is 20.6 Å². The lowest BCUT2D eigenvalue weighted by molar-refractivity contribution is -0.318. The van der Waals surface area contributed by atoms with E-state index in [2.05, 4.69) is 0 Å². The topological polar surface area (TPSA) is 199 Å². The third kappa shape index (κ3) is 5.31. The smallest absolute Gasteiger partial charge is 0.229 e. The fourth-order valence-corrected chi connectivity index (χ4v) is 3.56. The van der Waals surface area contributed by atoms with E-state index in [1.54, 1.807) is 6.07 Å². The molecule has 2 heterocycles. The summed E-state index contributed by atoms with van der Waals surface area (Å²) in [7, 11) is 0. The molecule has 0 aromatic heterocycles. The molecule has 12 nitrogen and oxygen atoms in total. The zero-order chi connectivity index (χ0) is 23.6. The van der Waals surface area contributed by atoms with Crippen molar-refractivity contribution in [3.8, 4) is 11.5 Å². The van der Waals surface area contributed by atoms with Crippen LogP contribution in [0.3, 0.4) is 0 Å². The molecule has 3 rings (SSSR count). The Labute approximate surface area is 183 Å².